The van der Waals surface area contributed by atoms with E-state index in [1.54, 1.807) is 4.90 Å². The topological polar surface area (TPSA) is 83.7 Å². The number of fused-ring (bicyclic) bond motifs is 1. The molecular formula is C22H29N3O3. The summed E-state index contributed by atoms with van der Waals surface area (Å²) in [6.45, 7) is 1.02. The predicted octanol–water partition coefficient (Wildman–Crippen LogP) is 2.18. The van der Waals surface area contributed by atoms with Crippen LogP contribution in [0.2, 0.25) is 0 Å². The largest absolute Gasteiger partial charge is 0.369 e. The lowest BCUT2D eigenvalue weighted by atomic mass is 9.84. The Hall–Kier alpha value is -2.37. The Labute approximate surface area is 166 Å². The molecule has 1 saturated carbocycles. The second-order valence-electron chi connectivity index (χ2n) is 8.47. The van der Waals surface area contributed by atoms with E-state index < -0.39 is 6.04 Å². The fourth-order valence-electron chi connectivity index (χ4n) is 5.32. The Morgan fingerprint density at radius 1 is 0.964 bits per heavy atom. The number of hydrogen-bond donors (Lipinski definition) is 1. The number of likely N-dealkylation sites (tertiary alicyclic amines) is 2. The van der Waals surface area contributed by atoms with E-state index in [1.165, 1.54) is 6.42 Å². The molecule has 0 radical (unpaired) electrons. The van der Waals surface area contributed by atoms with Crippen LogP contribution in [0, 0.1) is 11.8 Å². The lowest BCUT2D eigenvalue weighted by Gasteiger charge is -2.37. The van der Waals surface area contributed by atoms with Crippen molar-refractivity contribution < 1.29 is 14.4 Å². The van der Waals surface area contributed by atoms with Gasteiger partial charge in [0.1, 0.15) is 6.04 Å². The fourth-order valence-corrected chi connectivity index (χ4v) is 5.32. The first-order chi connectivity index (χ1) is 13.6. The number of rotatable bonds is 3. The highest BCUT2D eigenvalue weighted by Gasteiger charge is 2.49. The number of nitrogens with zero attached hydrogens (tertiary/aromatic N) is 2. The van der Waals surface area contributed by atoms with E-state index in [0.717, 1.165) is 38.5 Å². The van der Waals surface area contributed by atoms with Gasteiger partial charge in [-0.05, 0) is 50.2 Å². The standard InChI is InChI=1S/C22H29N3O3/c23-20(26)17-10-6-12-24(14-17)22(28)19-13-16-9-4-5-11-18(16)25(19)21(27)15-7-2-1-3-8-15/h1-3,7-8,16-19H,4-6,9-14H2,(H2,23,26). The molecular weight excluding hydrogens is 354 g/mol. The van der Waals surface area contributed by atoms with E-state index >= 15 is 0 Å². The Morgan fingerprint density at radius 2 is 1.71 bits per heavy atom. The van der Waals surface area contributed by atoms with E-state index in [9.17, 15) is 14.4 Å². The zero-order valence-electron chi connectivity index (χ0n) is 16.3. The van der Waals surface area contributed by atoms with Crippen molar-refractivity contribution in [2.45, 2.75) is 57.0 Å². The summed E-state index contributed by atoms with van der Waals surface area (Å²) in [7, 11) is 0. The summed E-state index contributed by atoms with van der Waals surface area (Å²) in [5.41, 5.74) is 6.13. The van der Waals surface area contributed by atoms with Crippen LogP contribution < -0.4 is 5.73 Å². The predicted molar refractivity (Wildman–Crippen MR) is 105 cm³/mol. The molecule has 3 amide bonds. The number of piperidine rings is 1. The molecule has 4 unspecified atom stereocenters. The molecule has 2 N–H and O–H groups in total. The summed E-state index contributed by atoms with van der Waals surface area (Å²) in [6, 6.07) is 8.99. The van der Waals surface area contributed by atoms with Crippen LogP contribution in [0.3, 0.4) is 0 Å². The summed E-state index contributed by atoms with van der Waals surface area (Å²) in [4.78, 5) is 42.1. The normalized spacial score (nSPS) is 30.0. The maximum absolute atomic E-state index is 13.4. The maximum atomic E-state index is 13.4. The Kier molecular flexibility index (Phi) is 5.38. The third kappa shape index (κ3) is 3.52. The highest BCUT2D eigenvalue weighted by atomic mass is 16.2. The molecule has 4 rings (SSSR count). The van der Waals surface area contributed by atoms with E-state index in [2.05, 4.69) is 0 Å². The lowest BCUT2D eigenvalue weighted by Crippen LogP contribution is -2.53. The van der Waals surface area contributed by atoms with Gasteiger partial charge < -0.3 is 15.5 Å². The highest BCUT2D eigenvalue weighted by Crippen LogP contribution is 2.41. The highest BCUT2D eigenvalue weighted by molar-refractivity contribution is 5.98. The summed E-state index contributed by atoms with van der Waals surface area (Å²) < 4.78 is 0. The number of amides is 3. The van der Waals surface area contributed by atoms with Crippen LogP contribution in [-0.4, -0.2) is 52.7 Å². The van der Waals surface area contributed by atoms with Crippen LogP contribution in [0.1, 0.15) is 55.3 Å². The first-order valence-corrected chi connectivity index (χ1v) is 10.5. The molecule has 0 spiro atoms. The molecule has 0 aromatic heterocycles. The van der Waals surface area contributed by atoms with Gasteiger partial charge in [-0.25, -0.2) is 0 Å². The molecule has 2 saturated heterocycles. The van der Waals surface area contributed by atoms with Crippen LogP contribution >= 0.6 is 0 Å². The summed E-state index contributed by atoms with van der Waals surface area (Å²) in [6.07, 6.45) is 6.58. The van der Waals surface area contributed by atoms with Gasteiger partial charge in [-0.3, -0.25) is 14.4 Å². The molecule has 0 bridgehead atoms. The number of hydrogen-bond acceptors (Lipinski definition) is 3. The van der Waals surface area contributed by atoms with Crippen molar-refractivity contribution >= 4 is 17.7 Å². The van der Waals surface area contributed by atoms with Gasteiger partial charge in [-0.1, -0.05) is 31.0 Å². The van der Waals surface area contributed by atoms with E-state index in [-0.39, 0.29) is 29.7 Å². The number of benzene rings is 1. The Bertz CT molecular complexity index is 751. The minimum absolute atomic E-state index is 0.00960. The average molecular weight is 383 g/mol. The second kappa shape index (κ2) is 7.94. The number of carbonyl (C=O) groups is 3. The van der Waals surface area contributed by atoms with Crippen molar-refractivity contribution in [2.24, 2.45) is 17.6 Å². The third-order valence-electron chi connectivity index (χ3n) is 6.76. The van der Waals surface area contributed by atoms with Gasteiger partial charge in [0.25, 0.3) is 5.91 Å². The van der Waals surface area contributed by atoms with Gasteiger partial charge in [0.05, 0.1) is 5.92 Å². The van der Waals surface area contributed by atoms with Crippen molar-refractivity contribution in [1.29, 1.82) is 0 Å². The molecule has 6 heteroatoms. The minimum Gasteiger partial charge on any atom is -0.369 e. The summed E-state index contributed by atoms with van der Waals surface area (Å²) >= 11 is 0. The van der Waals surface area contributed by atoms with Gasteiger partial charge >= 0.3 is 0 Å². The van der Waals surface area contributed by atoms with Gasteiger partial charge in [0, 0.05) is 24.7 Å². The molecule has 2 heterocycles. The molecule has 1 aromatic carbocycles. The molecule has 3 aliphatic rings. The quantitative estimate of drug-likeness (QED) is 0.868. The molecule has 3 fully saturated rings. The van der Waals surface area contributed by atoms with Gasteiger partial charge in [-0.15, -0.1) is 0 Å². The Balaban J connectivity index is 1.59. The van der Waals surface area contributed by atoms with Gasteiger partial charge in [-0.2, -0.15) is 0 Å². The average Bonchev–Trinajstić information content (AvgIpc) is 3.13. The molecule has 1 aliphatic carbocycles. The van der Waals surface area contributed by atoms with Crippen molar-refractivity contribution in [1.82, 2.24) is 9.80 Å². The SMILES string of the molecule is NC(=O)C1CCCN(C(=O)C2CC3CCCCC3N2C(=O)c2ccccc2)C1. The van der Waals surface area contributed by atoms with Gasteiger partial charge in [0.2, 0.25) is 11.8 Å². The molecule has 150 valence electrons. The summed E-state index contributed by atoms with van der Waals surface area (Å²) in [5.74, 6) is -0.275. The smallest absolute Gasteiger partial charge is 0.254 e. The van der Waals surface area contributed by atoms with Crippen LogP contribution in [0.25, 0.3) is 0 Å². The van der Waals surface area contributed by atoms with Crippen LogP contribution in [-0.2, 0) is 9.59 Å². The van der Waals surface area contributed by atoms with Crippen LogP contribution in [0.15, 0.2) is 30.3 Å². The number of primary amides is 1. The van der Waals surface area contributed by atoms with Gasteiger partial charge in [0.15, 0.2) is 0 Å². The maximum Gasteiger partial charge on any atom is 0.254 e. The second-order valence-corrected chi connectivity index (χ2v) is 8.47. The zero-order chi connectivity index (χ0) is 19.7. The third-order valence-corrected chi connectivity index (χ3v) is 6.76. The van der Waals surface area contributed by atoms with Crippen molar-refractivity contribution in [3.63, 3.8) is 0 Å². The zero-order valence-corrected chi connectivity index (χ0v) is 16.3. The van der Waals surface area contributed by atoms with Crippen LogP contribution in [0.5, 0.6) is 0 Å². The molecule has 6 nitrogen and oxygen atoms in total. The van der Waals surface area contributed by atoms with Crippen molar-refractivity contribution in [2.75, 3.05) is 13.1 Å². The number of carbonyl (C=O) groups excluding carboxylic acids is 3. The van der Waals surface area contributed by atoms with Crippen molar-refractivity contribution in [3.05, 3.63) is 35.9 Å². The van der Waals surface area contributed by atoms with E-state index in [1.807, 2.05) is 35.2 Å². The molecule has 2 aliphatic heterocycles. The van der Waals surface area contributed by atoms with Crippen LogP contribution in [0.4, 0.5) is 0 Å². The number of nitrogens with two attached hydrogens (primary N) is 1. The first kappa shape index (κ1) is 19.0. The lowest BCUT2D eigenvalue weighted by molar-refractivity contribution is -0.139. The summed E-state index contributed by atoms with van der Waals surface area (Å²) in [5, 5.41) is 0. The van der Waals surface area contributed by atoms with Crippen molar-refractivity contribution in [3.8, 4) is 0 Å². The fraction of sp³-hybridized carbons (Fsp3) is 0.591. The monoisotopic (exact) mass is 383 g/mol. The van der Waals surface area contributed by atoms with E-state index in [4.69, 9.17) is 5.73 Å². The molecule has 28 heavy (non-hydrogen) atoms. The van der Waals surface area contributed by atoms with E-state index in [0.29, 0.717) is 24.6 Å². The first-order valence-electron chi connectivity index (χ1n) is 10.5. The Morgan fingerprint density at radius 3 is 2.46 bits per heavy atom. The molecule has 4 atom stereocenters. The minimum atomic E-state index is -0.424. The molecule has 1 aromatic rings.